The summed E-state index contributed by atoms with van der Waals surface area (Å²) in [6.07, 6.45) is -9.63. The number of carbonyl (C=O) groups is 2. The fraction of sp³-hybridized carbons (Fsp3) is 0.300. The van der Waals surface area contributed by atoms with Crippen LogP contribution in [0.4, 0.5) is 0 Å². The zero-order valence-corrected chi connectivity index (χ0v) is 14.8. The molecule has 0 heterocycles. The molecule has 5 atom stereocenters. The molecule has 2 unspecified atom stereocenters. The Kier molecular flexibility index (Phi) is 7.80. The molecule has 2 aromatic rings. The Hall–Kier alpha value is -2.62. The van der Waals surface area contributed by atoms with Gasteiger partial charge in [0, 0.05) is 0 Å². The van der Waals surface area contributed by atoms with Crippen molar-refractivity contribution in [1.82, 2.24) is 0 Å². The quantitative estimate of drug-likeness (QED) is 0.364. The maximum atomic E-state index is 12.1. The topological polar surface area (TPSA) is 145 Å². The number of aliphatic hydroxyl groups excluding tert-OH is 5. The number of benzene rings is 2. The lowest BCUT2D eigenvalue weighted by molar-refractivity contribution is -0.154. The summed E-state index contributed by atoms with van der Waals surface area (Å²) in [5.41, 5.74) is 0.482. The first-order chi connectivity index (χ1) is 13.3. The molecule has 2 aromatic carbocycles. The average Bonchev–Trinajstić information content (AvgIpc) is 2.75. The molecule has 0 saturated carbocycles. The van der Waals surface area contributed by atoms with E-state index in [0.717, 1.165) is 0 Å². The molecular formula is C20H22O8. The van der Waals surface area contributed by atoms with Crippen LogP contribution in [0.15, 0.2) is 60.7 Å². The normalized spacial score (nSPS) is 16.5. The molecule has 0 fully saturated rings. The van der Waals surface area contributed by atoms with E-state index in [1.54, 1.807) is 36.4 Å². The second-order valence-corrected chi connectivity index (χ2v) is 6.16. The van der Waals surface area contributed by atoms with Crippen LogP contribution in [0.3, 0.4) is 0 Å². The van der Waals surface area contributed by atoms with Gasteiger partial charge in [0.25, 0.3) is 0 Å². The van der Waals surface area contributed by atoms with Gasteiger partial charge in [0.1, 0.15) is 37.1 Å². The Labute approximate surface area is 161 Å². The van der Waals surface area contributed by atoms with Gasteiger partial charge >= 0.3 is 5.97 Å². The van der Waals surface area contributed by atoms with Crippen LogP contribution in [-0.2, 0) is 9.53 Å². The van der Waals surface area contributed by atoms with E-state index in [4.69, 9.17) is 4.74 Å². The lowest BCUT2D eigenvalue weighted by Crippen LogP contribution is -2.49. The maximum absolute atomic E-state index is 12.1. The highest BCUT2D eigenvalue weighted by Gasteiger charge is 2.37. The van der Waals surface area contributed by atoms with Crippen LogP contribution in [0, 0.1) is 0 Å². The molecule has 0 spiro atoms. The van der Waals surface area contributed by atoms with Gasteiger partial charge in [-0.3, -0.25) is 4.79 Å². The Morgan fingerprint density at radius 3 is 1.89 bits per heavy atom. The summed E-state index contributed by atoms with van der Waals surface area (Å²) in [5, 5.41) is 49.9. The first-order valence-corrected chi connectivity index (χ1v) is 8.54. The van der Waals surface area contributed by atoms with Gasteiger partial charge in [-0.1, -0.05) is 48.5 Å². The Balaban J connectivity index is 1.91. The molecule has 0 bridgehead atoms. The SMILES string of the molecule is O=C(OC[C@@H](O)C(=O)[C@H](O)[C@H](O)C(O)C(O)c1ccccc1)c1ccccc1. The molecule has 0 saturated heterocycles. The highest BCUT2D eigenvalue weighted by atomic mass is 16.5. The highest BCUT2D eigenvalue weighted by molar-refractivity contribution is 5.90. The first-order valence-electron chi connectivity index (χ1n) is 8.54. The van der Waals surface area contributed by atoms with Crippen LogP contribution >= 0.6 is 0 Å². The molecule has 2 rings (SSSR count). The third kappa shape index (κ3) is 5.44. The van der Waals surface area contributed by atoms with Gasteiger partial charge in [-0.15, -0.1) is 0 Å². The Morgan fingerprint density at radius 2 is 1.32 bits per heavy atom. The largest absolute Gasteiger partial charge is 0.459 e. The third-order valence-corrected chi connectivity index (χ3v) is 4.14. The Morgan fingerprint density at radius 1 is 0.786 bits per heavy atom. The van der Waals surface area contributed by atoms with E-state index in [2.05, 4.69) is 0 Å². The zero-order chi connectivity index (χ0) is 20.7. The summed E-state index contributed by atoms with van der Waals surface area (Å²) in [6, 6.07) is 15.8. The average molecular weight is 390 g/mol. The lowest BCUT2D eigenvalue weighted by Gasteiger charge is -2.27. The summed E-state index contributed by atoms with van der Waals surface area (Å²) >= 11 is 0. The number of ether oxygens (including phenoxy) is 1. The predicted octanol–water partition coefficient (Wildman–Crippen LogP) is -0.410. The minimum Gasteiger partial charge on any atom is -0.459 e. The molecule has 5 N–H and O–H groups in total. The van der Waals surface area contributed by atoms with Gasteiger partial charge in [0.05, 0.1) is 5.56 Å². The van der Waals surface area contributed by atoms with Crippen molar-refractivity contribution in [3.63, 3.8) is 0 Å². The van der Waals surface area contributed by atoms with Crippen LogP contribution in [0.25, 0.3) is 0 Å². The van der Waals surface area contributed by atoms with Gasteiger partial charge in [-0.25, -0.2) is 4.79 Å². The summed E-state index contributed by atoms with van der Waals surface area (Å²) in [5.74, 6) is -2.03. The van der Waals surface area contributed by atoms with Crippen LogP contribution < -0.4 is 0 Å². The zero-order valence-electron chi connectivity index (χ0n) is 14.8. The van der Waals surface area contributed by atoms with E-state index in [9.17, 15) is 35.1 Å². The van der Waals surface area contributed by atoms with Crippen molar-refractivity contribution < 1.29 is 39.9 Å². The molecule has 8 nitrogen and oxygen atoms in total. The molecule has 0 radical (unpaired) electrons. The molecule has 0 aliphatic carbocycles. The number of carbonyl (C=O) groups excluding carboxylic acids is 2. The number of esters is 1. The van der Waals surface area contributed by atoms with Crippen molar-refractivity contribution in [3.8, 4) is 0 Å². The number of aliphatic hydroxyl groups is 5. The second-order valence-electron chi connectivity index (χ2n) is 6.16. The number of Topliss-reactive ketones (excluding diaryl/α,β-unsaturated/α-hetero) is 1. The minimum absolute atomic E-state index is 0.212. The van der Waals surface area contributed by atoms with Crippen molar-refractivity contribution in [2.24, 2.45) is 0 Å². The van der Waals surface area contributed by atoms with E-state index >= 15 is 0 Å². The number of rotatable bonds is 9. The van der Waals surface area contributed by atoms with E-state index in [-0.39, 0.29) is 11.1 Å². The molecule has 0 aliphatic rings. The monoisotopic (exact) mass is 390 g/mol. The molecule has 28 heavy (non-hydrogen) atoms. The lowest BCUT2D eigenvalue weighted by atomic mass is 9.94. The van der Waals surface area contributed by atoms with Crippen molar-refractivity contribution in [1.29, 1.82) is 0 Å². The van der Waals surface area contributed by atoms with Gasteiger partial charge < -0.3 is 30.3 Å². The second kappa shape index (κ2) is 10.1. The predicted molar refractivity (Wildman–Crippen MR) is 97.2 cm³/mol. The van der Waals surface area contributed by atoms with Gasteiger partial charge in [0.2, 0.25) is 0 Å². The first kappa shape index (κ1) is 21.7. The fourth-order valence-electron chi connectivity index (χ4n) is 2.48. The van der Waals surface area contributed by atoms with Crippen LogP contribution in [0.5, 0.6) is 0 Å². The molecule has 0 amide bonds. The van der Waals surface area contributed by atoms with Crippen LogP contribution in [0.1, 0.15) is 22.0 Å². The van der Waals surface area contributed by atoms with Crippen molar-refractivity contribution in [2.45, 2.75) is 30.5 Å². The van der Waals surface area contributed by atoms with E-state index in [0.29, 0.717) is 0 Å². The van der Waals surface area contributed by atoms with E-state index in [1.807, 2.05) is 0 Å². The van der Waals surface area contributed by atoms with Crippen molar-refractivity contribution in [3.05, 3.63) is 71.8 Å². The van der Waals surface area contributed by atoms with Crippen LogP contribution in [-0.4, -0.2) is 68.3 Å². The van der Waals surface area contributed by atoms with Crippen molar-refractivity contribution in [2.75, 3.05) is 6.61 Å². The van der Waals surface area contributed by atoms with E-state index in [1.165, 1.54) is 24.3 Å². The van der Waals surface area contributed by atoms with Gasteiger partial charge in [0.15, 0.2) is 5.78 Å². The number of hydrogen-bond acceptors (Lipinski definition) is 8. The highest BCUT2D eigenvalue weighted by Crippen LogP contribution is 2.20. The standard InChI is InChI=1S/C20H22O8/c21-14(11-28-20(27)13-9-5-2-6-10-13)16(23)18(25)19(26)17(24)15(22)12-7-3-1-4-8-12/h1-10,14-15,17-19,21-22,24-26H,11H2/t14-,15?,17?,18+,19-/m1/s1. The maximum Gasteiger partial charge on any atom is 0.338 e. The minimum atomic E-state index is -2.20. The fourth-order valence-corrected chi connectivity index (χ4v) is 2.48. The van der Waals surface area contributed by atoms with Crippen LogP contribution in [0.2, 0.25) is 0 Å². The summed E-state index contributed by atoms with van der Waals surface area (Å²) < 4.78 is 4.80. The molecule has 150 valence electrons. The summed E-state index contributed by atoms with van der Waals surface area (Å²) in [4.78, 5) is 23.9. The third-order valence-electron chi connectivity index (χ3n) is 4.14. The molecule has 0 aliphatic heterocycles. The number of hydrogen-bond donors (Lipinski definition) is 5. The van der Waals surface area contributed by atoms with Gasteiger partial charge in [-0.2, -0.15) is 0 Å². The van der Waals surface area contributed by atoms with Crippen molar-refractivity contribution >= 4 is 11.8 Å². The Bertz CT molecular complexity index is 764. The number of ketones is 1. The molecule has 0 aromatic heterocycles. The molecule has 8 heteroatoms. The molecular weight excluding hydrogens is 368 g/mol. The summed E-state index contributed by atoms with van der Waals surface area (Å²) in [6.45, 7) is -0.742. The smallest absolute Gasteiger partial charge is 0.338 e. The summed E-state index contributed by atoms with van der Waals surface area (Å²) in [7, 11) is 0. The van der Waals surface area contributed by atoms with Gasteiger partial charge in [-0.05, 0) is 17.7 Å². The van der Waals surface area contributed by atoms with E-state index < -0.39 is 48.9 Å².